The van der Waals surface area contributed by atoms with Crippen molar-refractivity contribution in [1.82, 2.24) is 19.7 Å². The van der Waals surface area contributed by atoms with Crippen LogP contribution in [0.3, 0.4) is 0 Å². The van der Waals surface area contributed by atoms with Gasteiger partial charge in [-0.15, -0.1) is 10.2 Å². The van der Waals surface area contributed by atoms with Crippen LogP contribution in [0.25, 0.3) is 33.5 Å². The molecule has 5 aromatic rings. The molecule has 0 unspecified atom stereocenters. The van der Waals surface area contributed by atoms with E-state index in [4.69, 9.17) is 16.6 Å². The number of thioether (sulfide) groups is 1. The summed E-state index contributed by atoms with van der Waals surface area (Å²) in [6.07, 6.45) is 0. The Balaban J connectivity index is 1.58. The Hall–Kier alpha value is -3.15. The van der Waals surface area contributed by atoms with Crippen molar-refractivity contribution in [2.75, 3.05) is 0 Å². The lowest BCUT2D eigenvalue weighted by Crippen LogP contribution is -2.01. The topological polar surface area (TPSA) is 43.6 Å². The van der Waals surface area contributed by atoms with Gasteiger partial charge < -0.3 is 4.57 Å². The minimum Gasteiger partial charge on any atom is -0.302 e. The van der Waals surface area contributed by atoms with Gasteiger partial charge in [-0.2, -0.15) is 0 Å². The summed E-state index contributed by atoms with van der Waals surface area (Å²) < 4.78 is 2.17. The van der Waals surface area contributed by atoms with Crippen molar-refractivity contribution in [2.24, 2.45) is 0 Å². The predicted molar refractivity (Wildman–Crippen MR) is 133 cm³/mol. The summed E-state index contributed by atoms with van der Waals surface area (Å²) in [5.74, 6) is 1.64. The summed E-state index contributed by atoms with van der Waals surface area (Å²) in [5.41, 5.74) is 5.16. The summed E-state index contributed by atoms with van der Waals surface area (Å²) in [7, 11) is 0. The van der Waals surface area contributed by atoms with Crippen molar-refractivity contribution < 1.29 is 0 Å². The van der Waals surface area contributed by atoms with Crippen molar-refractivity contribution in [3.63, 3.8) is 0 Å². The maximum absolute atomic E-state index is 6.14. The fourth-order valence-corrected chi connectivity index (χ4v) is 4.93. The van der Waals surface area contributed by atoms with E-state index in [0.717, 1.165) is 61.6 Å². The first-order valence-electron chi connectivity index (χ1n) is 10.5. The van der Waals surface area contributed by atoms with E-state index in [-0.39, 0.29) is 0 Å². The third-order valence-electron chi connectivity index (χ3n) is 5.32. The lowest BCUT2D eigenvalue weighted by Gasteiger charge is -2.12. The van der Waals surface area contributed by atoms with Crippen LogP contribution in [0.1, 0.15) is 12.5 Å². The molecule has 0 fully saturated rings. The molecule has 32 heavy (non-hydrogen) atoms. The lowest BCUT2D eigenvalue weighted by molar-refractivity contribution is 0.687. The summed E-state index contributed by atoms with van der Waals surface area (Å²) in [4.78, 5) is 4.90. The molecule has 6 heteroatoms. The molecule has 0 N–H and O–H groups in total. The standard InChI is InChI=1S/C26H21ClN4S/c1-2-31-25(29-30-26(31)32-17-18-9-8-12-20(27)15-18)22-16-24(19-10-4-3-5-11-19)28-23-14-7-6-13-21(22)23/h3-16H,2,17H2,1H3. The number of halogens is 1. The van der Waals surface area contributed by atoms with Crippen molar-refractivity contribution >= 4 is 34.3 Å². The molecule has 0 bridgehead atoms. The number of pyridine rings is 1. The van der Waals surface area contributed by atoms with Crippen LogP contribution in [0, 0.1) is 0 Å². The van der Waals surface area contributed by atoms with Crippen molar-refractivity contribution in [3.8, 4) is 22.6 Å². The Bertz CT molecular complexity index is 1380. The number of aromatic nitrogens is 4. The largest absolute Gasteiger partial charge is 0.302 e. The molecule has 0 amide bonds. The molecule has 2 aromatic heterocycles. The molecule has 0 aliphatic rings. The third kappa shape index (κ3) is 4.14. The van der Waals surface area contributed by atoms with E-state index in [1.807, 2.05) is 54.6 Å². The maximum Gasteiger partial charge on any atom is 0.191 e. The van der Waals surface area contributed by atoms with Gasteiger partial charge in [-0.25, -0.2) is 4.98 Å². The van der Waals surface area contributed by atoms with Gasteiger partial charge in [-0.05, 0) is 36.8 Å². The summed E-state index contributed by atoms with van der Waals surface area (Å²) in [5, 5.41) is 11.9. The van der Waals surface area contributed by atoms with Crippen LogP contribution in [0.15, 0.2) is 90.1 Å². The lowest BCUT2D eigenvalue weighted by atomic mass is 10.0. The molecule has 0 spiro atoms. The van der Waals surface area contributed by atoms with E-state index in [1.165, 1.54) is 0 Å². The first kappa shape index (κ1) is 20.7. The monoisotopic (exact) mass is 456 g/mol. The Morgan fingerprint density at radius 3 is 2.50 bits per heavy atom. The van der Waals surface area contributed by atoms with Crippen LogP contribution >= 0.6 is 23.4 Å². The van der Waals surface area contributed by atoms with Crippen molar-refractivity contribution in [2.45, 2.75) is 24.4 Å². The quantitative estimate of drug-likeness (QED) is 0.255. The van der Waals surface area contributed by atoms with Crippen LogP contribution in [0.5, 0.6) is 0 Å². The fourth-order valence-electron chi connectivity index (χ4n) is 3.77. The van der Waals surface area contributed by atoms with E-state index in [2.05, 4.69) is 52.0 Å². The minimum absolute atomic E-state index is 0.748. The number of rotatable bonds is 6. The molecule has 5 rings (SSSR count). The molecule has 0 saturated carbocycles. The first-order chi connectivity index (χ1) is 15.7. The smallest absolute Gasteiger partial charge is 0.191 e. The number of hydrogen-bond donors (Lipinski definition) is 0. The van der Waals surface area contributed by atoms with Gasteiger partial charge in [-0.3, -0.25) is 0 Å². The molecule has 0 aliphatic heterocycles. The van der Waals surface area contributed by atoms with Gasteiger partial charge >= 0.3 is 0 Å². The molecule has 158 valence electrons. The van der Waals surface area contributed by atoms with Gasteiger partial charge in [-0.1, -0.05) is 84.0 Å². The number of benzene rings is 3. The van der Waals surface area contributed by atoms with Gasteiger partial charge in [0.05, 0.1) is 11.2 Å². The molecule has 0 atom stereocenters. The van der Waals surface area contributed by atoms with Crippen LogP contribution < -0.4 is 0 Å². The van der Waals surface area contributed by atoms with Crippen LogP contribution in [0.4, 0.5) is 0 Å². The highest BCUT2D eigenvalue weighted by molar-refractivity contribution is 7.98. The highest BCUT2D eigenvalue weighted by Gasteiger charge is 2.17. The fraction of sp³-hybridized carbons (Fsp3) is 0.115. The van der Waals surface area contributed by atoms with E-state index in [0.29, 0.717) is 0 Å². The number of nitrogens with zero attached hydrogens (tertiary/aromatic N) is 4. The van der Waals surface area contributed by atoms with Crippen LogP contribution in [0.2, 0.25) is 5.02 Å². The van der Waals surface area contributed by atoms with Crippen LogP contribution in [-0.2, 0) is 12.3 Å². The van der Waals surface area contributed by atoms with E-state index in [1.54, 1.807) is 11.8 Å². The highest BCUT2D eigenvalue weighted by atomic mass is 35.5. The second-order valence-electron chi connectivity index (χ2n) is 7.41. The molecule has 0 aliphatic carbocycles. The summed E-state index contributed by atoms with van der Waals surface area (Å²) in [6.45, 7) is 2.90. The predicted octanol–water partition coefficient (Wildman–Crippen LogP) is 7.13. The first-order valence-corrected chi connectivity index (χ1v) is 11.9. The van der Waals surface area contributed by atoms with Gasteiger partial charge in [0.2, 0.25) is 0 Å². The van der Waals surface area contributed by atoms with E-state index in [9.17, 15) is 0 Å². The van der Waals surface area contributed by atoms with E-state index >= 15 is 0 Å². The molecule has 2 heterocycles. The average molecular weight is 457 g/mol. The molecule has 0 saturated heterocycles. The number of hydrogen-bond acceptors (Lipinski definition) is 4. The van der Waals surface area contributed by atoms with Gasteiger partial charge in [0.15, 0.2) is 11.0 Å². The van der Waals surface area contributed by atoms with Crippen molar-refractivity contribution in [3.05, 3.63) is 95.5 Å². The van der Waals surface area contributed by atoms with Crippen molar-refractivity contribution in [1.29, 1.82) is 0 Å². The van der Waals surface area contributed by atoms with Gasteiger partial charge in [0, 0.05) is 33.8 Å². The molecule has 4 nitrogen and oxygen atoms in total. The van der Waals surface area contributed by atoms with Gasteiger partial charge in [0.1, 0.15) is 0 Å². The molecular weight excluding hydrogens is 436 g/mol. The second kappa shape index (κ2) is 9.15. The zero-order valence-electron chi connectivity index (χ0n) is 17.6. The zero-order chi connectivity index (χ0) is 21.9. The zero-order valence-corrected chi connectivity index (χ0v) is 19.1. The molecular formula is C26H21ClN4S. The Labute approximate surface area is 196 Å². The SMILES string of the molecule is CCn1c(SCc2cccc(Cl)c2)nnc1-c1cc(-c2ccccc2)nc2ccccc12. The van der Waals surface area contributed by atoms with Gasteiger partial charge in [0.25, 0.3) is 0 Å². The number of para-hydroxylation sites is 1. The minimum atomic E-state index is 0.748. The van der Waals surface area contributed by atoms with Crippen LogP contribution in [-0.4, -0.2) is 19.7 Å². The summed E-state index contributed by atoms with van der Waals surface area (Å²) >= 11 is 7.81. The summed E-state index contributed by atoms with van der Waals surface area (Å²) in [6, 6.07) is 28.5. The second-order valence-corrected chi connectivity index (χ2v) is 8.79. The average Bonchev–Trinajstić information content (AvgIpc) is 3.25. The molecule has 3 aromatic carbocycles. The number of fused-ring (bicyclic) bond motifs is 1. The Morgan fingerprint density at radius 2 is 1.69 bits per heavy atom. The Morgan fingerprint density at radius 1 is 0.875 bits per heavy atom. The highest BCUT2D eigenvalue weighted by Crippen LogP contribution is 2.33. The van der Waals surface area contributed by atoms with E-state index < -0.39 is 0 Å². The molecule has 0 radical (unpaired) electrons. The normalized spacial score (nSPS) is 11.2. The third-order valence-corrected chi connectivity index (χ3v) is 6.59. The Kier molecular flexibility index (Phi) is 5.93. The maximum atomic E-state index is 6.14.